The van der Waals surface area contributed by atoms with Gasteiger partial charge in [0, 0.05) is 39.8 Å². The molecule has 9 heteroatoms. The van der Waals surface area contributed by atoms with E-state index in [9.17, 15) is 8.42 Å². The lowest BCUT2D eigenvalue weighted by Gasteiger charge is -2.23. The summed E-state index contributed by atoms with van der Waals surface area (Å²) in [5.74, 6) is 1.51. The Hall–Kier alpha value is -1.85. The third-order valence-corrected chi connectivity index (χ3v) is 6.34. The maximum absolute atomic E-state index is 12.6. The second-order valence-electron chi connectivity index (χ2n) is 6.73. The van der Waals surface area contributed by atoms with E-state index in [2.05, 4.69) is 10.3 Å². The zero-order valence-electron chi connectivity index (χ0n) is 18.1. The molecule has 0 amide bonds. The van der Waals surface area contributed by atoms with Gasteiger partial charge in [0.15, 0.2) is 5.96 Å². The Balaban J connectivity index is 0.00000450. The summed E-state index contributed by atoms with van der Waals surface area (Å²) in [5, 5.41) is 3.27. The summed E-state index contributed by atoms with van der Waals surface area (Å²) in [4.78, 5) is 6.94. The predicted molar refractivity (Wildman–Crippen MR) is 132 cm³/mol. The van der Waals surface area contributed by atoms with Crippen molar-refractivity contribution in [3.8, 4) is 5.75 Å². The number of methoxy groups -OCH3 is 1. The van der Waals surface area contributed by atoms with E-state index < -0.39 is 10.0 Å². The van der Waals surface area contributed by atoms with E-state index in [-0.39, 0.29) is 35.4 Å². The van der Waals surface area contributed by atoms with Gasteiger partial charge in [0.25, 0.3) is 0 Å². The molecule has 0 radical (unpaired) electrons. The van der Waals surface area contributed by atoms with Gasteiger partial charge >= 0.3 is 0 Å². The van der Waals surface area contributed by atoms with Crippen molar-refractivity contribution in [2.75, 3.05) is 34.8 Å². The SMILES string of the molecule is CCNC(=NCc1ccccc1S(=O)(=O)N(C)C)N(C)Cc1ccccc1OC.I. The van der Waals surface area contributed by atoms with Gasteiger partial charge in [-0.1, -0.05) is 36.4 Å². The molecule has 30 heavy (non-hydrogen) atoms. The average Bonchev–Trinajstić information content (AvgIpc) is 2.71. The summed E-state index contributed by atoms with van der Waals surface area (Å²) in [6.07, 6.45) is 0. The highest BCUT2D eigenvalue weighted by atomic mass is 127. The number of halogens is 1. The quantitative estimate of drug-likeness (QED) is 0.313. The Kier molecular flexibility index (Phi) is 10.6. The molecule has 0 spiro atoms. The Labute approximate surface area is 197 Å². The number of nitrogens with zero attached hydrogens (tertiary/aromatic N) is 3. The first-order valence-corrected chi connectivity index (χ1v) is 10.9. The molecule has 0 heterocycles. The number of guanidine groups is 1. The topological polar surface area (TPSA) is 74.2 Å². The normalized spacial score (nSPS) is 11.7. The molecule has 0 unspecified atom stereocenters. The monoisotopic (exact) mass is 546 g/mol. The maximum Gasteiger partial charge on any atom is 0.242 e. The van der Waals surface area contributed by atoms with E-state index in [4.69, 9.17) is 4.74 Å². The molecular weight excluding hydrogens is 515 g/mol. The molecule has 0 fully saturated rings. The minimum atomic E-state index is -3.53. The highest BCUT2D eigenvalue weighted by molar-refractivity contribution is 14.0. The van der Waals surface area contributed by atoms with Crippen LogP contribution in [0.1, 0.15) is 18.1 Å². The van der Waals surface area contributed by atoms with Gasteiger partial charge in [0.1, 0.15) is 5.75 Å². The minimum Gasteiger partial charge on any atom is -0.496 e. The van der Waals surface area contributed by atoms with Crippen LogP contribution in [0.25, 0.3) is 0 Å². The Bertz CT molecular complexity index is 949. The van der Waals surface area contributed by atoms with Crippen LogP contribution in [0.4, 0.5) is 0 Å². The number of hydrogen-bond acceptors (Lipinski definition) is 4. The Morgan fingerprint density at radius 1 is 1.03 bits per heavy atom. The third-order valence-electron chi connectivity index (χ3n) is 4.43. The van der Waals surface area contributed by atoms with Crippen molar-refractivity contribution in [2.45, 2.75) is 24.9 Å². The summed E-state index contributed by atoms with van der Waals surface area (Å²) < 4.78 is 31.9. The number of hydrogen-bond donors (Lipinski definition) is 1. The molecule has 166 valence electrons. The molecule has 2 aromatic rings. The molecule has 0 atom stereocenters. The summed E-state index contributed by atoms with van der Waals surface area (Å²) in [7, 11) is 3.12. The van der Waals surface area contributed by atoms with Crippen LogP contribution >= 0.6 is 24.0 Å². The van der Waals surface area contributed by atoms with Crippen molar-refractivity contribution in [3.63, 3.8) is 0 Å². The number of para-hydroxylation sites is 1. The van der Waals surface area contributed by atoms with Crippen LogP contribution in [0.2, 0.25) is 0 Å². The largest absolute Gasteiger partial charge is 0.496 e. The molecule has 1 N–H and O–H groups in total. The van der Waals surface area contributed by atoms with E-state index in [1.807, 2.05) is 49.2 Å². The predicted octanol–water partition coefficient (Wildman–Crippen LogP) is 3.16. The molecule has 0 aliphatic carbocycles. The van der Waals surface area contributed by atoms with E-state index in [1.54, 1.807) is 25.3 Å². The second kappa shape index (κ2) is 12.1. The van der Waals surface area contributed by atoms with Crippen LogP contribution < -0.4 is 10.1 Å². The van der Waals surface area contributed by atoms with Gasteiger partial charge in [0.05, 0.1) is 18.6 Å². The number of rotatable bonds is 8. The van der Waals surface area contributed by atoms with Gasteiger partial charge in [-0.3, -0.25) is 0 Å². The molecule has 0 bridgehead atoms. The molecule has 0 aromatic heterocycles. The van der Waals surface area contributed by atoms with Crippen molar-refractivity contribution >= 4 is 40.0 Å². The molecule has 2 aromatic carbocycles. The number of sulfonamides is 1. The van der Waals surface area contributed by atoms with E-state index >= 15 is 0 Å². The first-order chi connectivity index (χ1) is 13.8. The van der Waals surface area contributed by atoms with Crippen LogP contribution in [-0.2, 0) is 23.1 Å². The number of aliphatic imine (C=N–C) groups is 1. The molecule has 0 aliphatic heterocycles. The highest BCUT2D eigenvalue weighted by Crippen LogP contribution is 2.20. The lowest BCUT2D eigenvalue weighted by atomic mass is 10.2. The average molecular weight is 546 g/mol. The van der Waals surface area contributed by atoms with Crippen molar-refractivity contribution < 1.29 is 13.2 Å². The van der Waals surface area contributed by atoms with E-state index in [1.165, 1.54) is 18.4 Å². The van der Waals surface area contributed by atoms with Gasteiger partial charge in [-0.2, -0.15) is 0 Å². The van der Waals surface area contributed by atoms with Gasteiger partial charge in [-0.15, -0.1) is 24.0 Å². The van der Waals surface area contributed by atoms with Crippen LogP contribution in [0.3, 0.4) is 0 Å². The van der Waals surface area contributed by atoms with Gasteiger partial charge < -0.3 is 15.0 Å². The first kappa shape index (κ1) is 26.2. The van der Waals surface area contributed by atoms with Crippen LogP contribution in [0, 0.1) is 0 Å². The fraction of sp³-hybridized carbons (Fsp3) is 0.381. The van der Waals surface area contributed by atoms with E-state index in [0.717, 1.165) is 11.3 Å². The first-order valence-electron chi connectivity index (χ1n) is 9.43. The number of nitrogens with one attached hydrogen (secondary N) is 1. The standard InChI is InChI=1S/C21H30N4O3S.HI/c1-6-22-21(25(4)16-18-12-7-9-13-19(18)28-5)23-15-17-11-8-10-14-20(17)29(26,27)24(2)3;/h7-14H,6,15-16H2,1-5H3,(H,22,23);1H. The molecular formula is C21H31IN4O3S. The summed E-state index contributed by atoms with van der Waals surface area (Å²) in [6.45, 7) is 3.55. The van der Waals surface area contributed by atoms with E-state index in [0.29, 0.717) is 24.6 Å². The van der Waals surface area contributed by atoms with Gasteiger partial charge in [0.2, 0.25) is 10.0 Å². The van der Waals surface area contributed by atoms with Gasteiger partial charge in [-0.05, 0) is 24.6 Å². The fourth-order valence-corrected chi connectivity index (χ4v) is 3.98. The molecule has 2 rings (SSSR count). The number of benzene rings is 2. The minimum absolute atomic E-state index is 0. The maximum atomic E-state index is 12.6. The van der Waals surface area contributed by atoms with Crippen molar-refractivity contribution in [2.24, 2.45) is 4.99 Å². The lowest BCUT2D eigenvalue weighted by Crippen LogP contribution is -2.38. The molecule has 0 aliphatic rings. The van der Waals surface area contributed by atoms with Crippen molar-refractivity contribution in [1.29, 1.82) is 0 Å². The van der Waals surface area contributed by atoms with Crippen molar-refractivity contribution in [1.82, 2.24) is 14.5 Å². The molecule has 0 saturated heterocycles. The lowest BCUT2D eigenvalue weighted by molar-refractivity contribution is 0.396. The smallest absolute Gasteiger partial charge is 0.242 e. The summed E-state index contributed by atoms with van der Waals surface area (Å²) in [5.41, 5.74) is 1.70. The summed E-state index contributed by atoms with van der Waals surface area (Å²) in [6, 6.07) is 14.8. The molecule has 7 nitrogen and oxygen atoms in total. The van der Waals surface area contributed by atoms with Crippen molar-refractivity contribution in [3.05, 3.63) is 59.7 Å². The van der Waals surface area contributed by atoms with Crippen LogP contribution in [0.15, 0.2) is 58.4 Å². The number of ether oxygens (including phenoxy) is 1. The summed E-state index contributed by atoms with van der Waals surface area (Å²) >= 11 is 0. The zero-order valence-corrected chi connectivity index (χ0v) is 21.3. The Morgan fingerprint density at radius 3 is 2.23 bits per heavy atom. The molecule has 0 saturated carbocycles. The highest BCUT2D eigenvalue weighted by Gasteiger charge is 2.20. The van der Waals surface area contributed by atoms with Crippen LogP contribution in [-0.4, -0.2) is 58.4 Å². The third kappa shape index (κ3) is 6.58. The van der Waals surface area contributed by atoms with Gasteiger partial charge in [-0.25, -0.2) is 17.7 Å². The fourth-order valence-electron chi connectivity index (χ4n) is 2.88. The Morgan fingerprint density at radius 2 is 1.63 bits per heavy atom. The second-order valence-corrected chi connectivity index (χ2v) is 8.85. The zero-order chi connectivity index (χ0) is 21.4. The van der Waals surface area contributed by atoms with Crippen LogP contribution in [0.5, 0.6) is 5.75 Å².